The number of hydrogen-bond donors (Lipinski definition) is 2. The summed E-state index contributed by atoms with van der Waals surface area (Å²) in [6.45, 7) is 4.67. The molecule has 96 valence electrons. The normalized spacial score (nSPS) is 11.8. The topological polar surface area (TPSA) is 66.4 Å². The number of halogens is 1. The molecule has 0 fully saturated rings. The van der Waals surface area contributed by atoms with E-state index < -0.39 is 11.9 Å². The van der Waals surface area contributed by atoms with Crippen LogP contribution in [0.25, 0.3) is 0 Å². The zero-order valence-corrected chi connectivity index (χ0v) is 11.1. The van der Waals surface area contributed by atoms with Crippen molar-refractivity contribution in [2.75, 3.05) is 5.32 Å². The molecular weight excluding hydrogens is 254 g/mol. The van der Waals surface area contributed by atoms with Crippen LogP contribution in [0.3, 0.4) is 0 Å². The van der Waals surface area contributed by atoms with Crippen LogP contribution in [-0.2, 0) is 9.59 Å². The number of carboxylic acid groups (broad SMARTS) is 1. The lowest BCUT2D eigenvalue weighted by Crippen LogP contribution is -2.16. The summed E-state index contributed by atoms with van der Waals surface area (Å²) in [6.07, 6.45) is 0. The van der Waals surface area contributed by atoms with Crippen molar-refractivity contribution < 1.29 is 14.7 Å². The van der Waals surface area contributed by atoms with Crippen molar-refractivity contribution in [2.24, 2.45) is 0 Å². The molecule has 0 aliphatic carbocycles. The van der Waals surface area contributed by atoms with Crippen LogP contribution >= 0.6 is 11.6 Å². The summed E-state index contributed by atoms with van der Waals surface area (Å²) in [5.41, 5.74) is 1.47. The summed E-state index contributed by atoms with van der Waals surface area (Å²) >= 11 is 6.04. The molecule has 0 atom stereocenters. The van der Waals surface area contributed by atoms with Crippen LogP contribution in [0.2, 0.25) is 5.02 Å². The maximum atomic E-state index is 11.8. The molecule has 1 aromatic rings. The standard InChI is InChI=1S/C13H14ClNO3/c1-7-5-4-6-10(11(7)14)15-12(16)8(2)9(3)13(17)18/h4-6H,1-3H3,(H,15,16)(H,17,18)/b9-8+. The van der Waals surface area contributed by atoms with Crippen molar-refractivity contribution in [3.63, 3.8) is 0 Å². The minimum absolute atomic E-state index is 0.0104. The van der Waals surface area contributed by atoms with Gasteiger partial charge in [0.1, 0.15) is 0 Å². The lowest BCUT2D eigenvalue weighted by Gasteiger charge is -2.10. The Bertz CT molecular complexity index is 535. The van der Waals surface area contributed by atoms with E-state index in [0.717, 1.165) is 5.56 Å². The molecule has 0 aliphatic heterocycles. The zero-order valence-electron chi connectivity index (χ0n) is 10.4. The predicted octanol–water partition coefficient (Wildman–Crippen LogP) is 3.01. The molecule has 1 rings (SSSR count). The van der Waals surface area contributed by atoms with Crippen molar-refractivity contribution in [1.82, 2.24) is 0 Å². The molecule has 0 aromatic heterocycles. The van der Waals surface area contributed by atoms with E-state index >= 15 is 0 Å². The molecule has 5 heteroatoms. The van der Waals surface area contributed by atoms with Gasteiger partial charge in [-0.1, -0.05) is 23.7 Å². The Labute approximate surface area is 110 Å². The van der Waals surface area contributed by atoms with Crippen molar-refractivity contribution in [1.29, 1.82) is 0 Å². The minimum atomic E-state index is -1.11. The van der Waals surface area contributed by atoms with Crippen LogP contribution in [0.1, 0.15) is 19.4 Å². The van der Waals surface area contributed by atoms with E-state index in [1.54, 1.807) is 12.1 Å². The summed E-state index contributed by atoms with van der Waals surface area (Å²) in [5, 5.41) is 11.8. The molecule has 0 saturated heterocycles. The van der Waals surface area contributed by atoms with Crippen LogP contribution in [0.5, 0.6) is 0 Å². The number of anilines is 1. The van der Waals surface area contributed by atoms with Crippen molar-refractivity contribution in [2.45, 2.75) is 20.8 Å². The fraction of sp³-hybridized carbons (Fsp3) is 0.231. The first-order valence-corrected chi connectivity index (χ1v) is 5.69. The van der Waals surface area contributed by atoms with E-state index in [-0.39, 0.29) is 11.1 Å². The van der Waals surface area contributed by atoms with E-state index in [0.29, 0.717) is 10.7 Å². The third-order valence-electron chi connectivity index (χ3n) is 2.66. The second-order valence-electron chi connectivity index (χ2n) is 3.95. The van der Waals surface area contributed by atoms with Crippen LogP contribution in [-0.4, -0.2) is 17.0 Å². The predicted molar refractivity (Wildman–Crippen MR) is 70.8 cm³/mol. The molecule has 1 aromatic carbocycles. The lowest BCUT2D eigenvalue weighted by molar-refractivity contribution is -0.133. The van der Waals surface area contributed by atoms with E-state index in [1.807, 2.05) is 13.0 Å². The largest absolute Gasteiger partial charge is 0.478 e. The van der Waals surface area contributed by atoms with Crippen LogP contribution in [0.4, 0.5) is 5.69 Å². The lowest BCUT2D eigenvalue weighted by atomic mass is 10.1. The Morgan fingerprint density at radius 3 is 2.39 bits per heavy atom. The van der Waals surface area contributed by atoms with Gasteiger partial charge in [0.25, 0.3) is 5.91 Å². The van der Waals surface area contributed by atoms with Gasteiger partial charge in [-0.25, -0.2) is 4.79 Å². The van der Waals surface area contributed by atoms with Gasteiger partial charge in [0.15, 0.2) is 0 Å². The highest BCUT2D eigenvalue weighted by Crippen LogP contribution is 2.25. The molecule has 4 nitrogen and oxygen atoms in total. The fourth-order valence-corrected chi connectivity index (χ4v) is 1.46. The fourth-order valence-electron chi connectivity index (χ4n) is 1.29. The van der Waals surface area contributed by atoms with Crippen molar-refractivity contribution in [3.05, 3.63) is 39.9 Å². The molecule has 0 radical (unpaired) electrons. The monoisotopic (exact) mass is 267 g/mol. The molecule has 0 bridgehead atoms. The average molecular weight is 268 g/mol. The third-order valence-corrected chi connectivity index (χ3v) is 3.17. The number of carbonyl (C=O) groups excluding carboxylic acids is 1. The second-order valence-corrected chi connectivity index (χ2v) is 4.32. The maximum absolute atomic E-state index is 11.8. The first kappa shape index (κ1) is 14.3. The van der Waals surface area contributed by atoms with Gasteiger partial charge in [-0.3, -0.25) is 4.79 Å². The number of carbonyl (C=O) groups is 2. The number of aliphatic carboxylic acids is 1. The quantitative estimate of drug-likeness (QED) is 0.828. The molecule has 0 saturated carbocycles. The number of amides is 1. The highest BCUT2D eigenvalue weighted by atomic mass is 35.5. The van der Waals surface area contributed by atoms with Gasteiger partial charge >= 0.3 is 5.97 Å². The average Bonchev–Trinajstić information content (AvgIpc) is 2.32. The highest BCUT2D eigenvalue weighted by molar-refractivity contribution is 6.34. The number of rotatable bonds is 3. The Balaban J connectivity index is 2.99. The van der Waals surface area contributed by atoms with Crippen molar-refractivity contribution >= 4 is 29.2 Å². The molecule has 0 aliphatic rings. The number of nitrogens with one attached hydrogen (secondary N) is 1. The smallest absolute Gasteiger partial charge is 0.331 e. The third kappa shape index (κ3) is 3.11. The molecule has 0 unspecified atom stereocenters. The summed E-state index contributed by atoms with van der Waals surface area (Å²) in [5.74, 6) is -1.58. The minimum Gasteiger partial charge on any atom is -0.478 e. The van der Waals surface area contributed by atoms with Gasteiger partial charge < -0.3 is 10.4 Å². The highest BCUT2D eigenvalue weighted by Gasteiger charge is 2.14. The van der Waals surface area contributed by atoms with Gasteiger partial charge in [-0.15, -0.1) is 0 Å². The second kappa shape index (κ2) is 5.69. The van der Waals surface area contributed by atoms with Gasteiger partial charge in [0, 0.05) is 11.1 Å². The first-order valence-electron chi connectivity index (χ1n) is 5.31. The van der Waals surface area contributed by atoms with Gasteiger partial charge in [-0.05, 0) is 32.4 Å². The Kier molecular flexibility index (Phi) is 4.50. The van der Waals surface area contributed by atoms with Gasteiger partial charge in [0.05, 0.1) is 10.7 Å². The Morgan fingerprint density at radius 2 is 1.83 bits per heavy atom. The Morgan fingerprint density at radius 1 is 1.22 bits per heavy atom. The number of aryl methyl sites for hydroxylation is 1. The van der Waals surface area contributed by atoms with Gasteiger partial charge in [-0.2, -0.15) is 0 Å². The summed E-state index contributed by atoms with van der Waals surface area (Å²) in [4.78, 5) is 22.6. The number of hydrogen-bond acceptors (Lipinski definition) is 2. The van der Waals surface area contributed by atoms with Gasteiger partial charge in [0.2, 0.25) is 0 Å². The summed E-state index contributed by atoms with van der Waals surface area (Å²) in [7, 11) is 0. The Hall–Kier alpha value is -1.81. The first-order chi connectivity index (χ1) is 8.34. The molecule has 0 spiro atoms. The SMILES string of the molecule is C/C(C(=O)O)=C(/C)C(=O)Nc1cccc(C)c1Cl. The molecule has 0 heterocycles. The summed E-state index contributed by atoms with van der Waals surface area (Å²) < 4.78 is 0. The van der Waals surface area contributed by atoms with Crippen molar-refractivity contribution in [3.8, 4) is 0 Å². The van der Waals surface area contributed by atoms with E-state index in [1.165, 1.54) is 13.8 Å². The number of carboxylic acids is 1. The summed E-state index contributed by atoms with van der Waals surface area (Å²) in [6, 6.07) is 5.25. The van der Waals surface area contributed by atoms with E-state index in [2.05, 4.69) is 5.32 Å². The molecular formula is C13H14ClNO3. The van der Waals surface area contributed by atoms with Crippen LogP contribution in [0, 0.1) is 6.92 Å². The number of benzene rings is 1. The zero-order chi connectivity index (χ0) is 13.9. The molecule has 2 N–H and O–H groups in total. The maximum Gasteiger partial charge on any atom is 0.331 e. The van der Waals surface area contributed by atoms with Crippen LogP contribution in [0.15, 0.2) is 29.3 Å². The van der Waals surface area contributed by atoms with Crippen LogP contribution < -0.4 is 5.32 Å². The van der Waals surface area contributed by atoms with E-state index in [9.17, 15) is 9.59 Å². The molecule has 1 amide bonds. The van der Waals surface area contributed by atoms with E-state index in [4.69, 9.17) is 16.7 Å². The molecule has 18 heavy (non-hydrogen) atoms.